The summed E-state index contributed by atoms with van der Waals surface area (Å²) < 4.78 is 5.53. The number of rotatable bonds is 5. The molecule has 0 aliphatic heterocycles. The summed E-state index contributed by atoms with van der Waals surface area (Å²) in [6.07, 6.45) is 1.78. The Hall–Kier alpha value is -1.13. The van der Waals surface area contributed by atoms with Crippen molar-refractivity contribution in [2.75, 3.05) is 19.9 Å². The second kappa shape index (κ2) is 5.82. The van der Waals surface area contributed by atoms with Gasteiger partial charge in [-0.05, 0) is 19.0 Å². The van der Waals surface area contributed by atoms with Crippen molar-refractivity contribution in [3.63, 3.8) is 0 Å². The topological polar surface area (TPSA) is 60.2 Å². The Morgan fingerprint density at radius 1 is 1.44 bits per heavy atom. The highest BCUT2D eigenvalue weighted by Gasteiger charge is 2.26. The van der Waals surface area contributed by atoms with Gasteiger partial charge in [-0.1, -0.05) is 19.9 Å². The molecule has 0 aliphatic carbocycles. The smallest absolute Gasteiger partial charge is 0.128 e. The summed E-state index contributed by atoms with van der Waals surface area (Å²) in [7, 11) is 3.63. The fourth-order valence-electron chi connectivity index (χ4n) is 1.98. The molecule has 0 aliphatic rings. The molecular formula is C12H21N3O. The van der Waals surface area contributed by atoms with Crippen LogP contribution in [-0.2, 0) is 4.74 Å². The second-order valence-corrected chi connectivity index (χ2v) is 4.19. The number of nitrogens with zero attached hydrogens (tertiary/aromatic N) is 1. The van der Waals surface area contributed by atoms with E-state index in [4.69, 9.17) is 10.5 Å². The third-order valence-electron chi connectivity index (χ3n) is 2.78. The zero-order valence-electron chi connectivity index (χ0n) is 10.4. The highest BCUT2D eigenvalue weighted by Crippen LogP contribution is 2.26. The molecule has 0 bridgehead atoms. The molecule has 2 atom stereocenters. The molecule has 3 N–H and O–H groups in total. The van der Waals surface area contributed by atoms with Crippen LogP contribution in [0.5, 0.6) is 0 Å². The van der Waals surface area contributed by atoms with E-state index in [1.165, 1.54) is 0 Å². The molecule has 0 aromatic carbocycles. The minimum absolute atomic E-state index is 0.0682. The third kappa shape index (κ3) is 2.71. The fourth-order valence-corrected chi connectivity index (χ4v) is 1.98. The predicted molar refractivity (Wildman–Crippen MR) is 66.1 cm³/mol. The van der Waals surface area contributed by atoms with Gasteiger partial charge in [-0.3, -0.25) is 0 Å². The monoisotopic (exact) mass is 223 g/mol. The van der Waals surface area contributed by atoms with Gasteiger partial charge < -0.3 is 15.8 Å². The first-order chi connectivity index (χ1) is 7.61. The Labute approximate surface area is 97.2 Å². The lowest BCUT2D eigenvalue weighted by atomic mass is 9.94. The van der Waals surface area contributed by atoms with Crippen LogP contribution in [0.25, 0.3) is 0 Å². The molecule has 0 fully saturated rings. The van der Waals surface area contributed by atoms with Gasteiger partial charge in [-0.15, -0.1) is 0 Å². The highest BCUT2D eigenvalue weighted by atomic mass is 16.5. The minimum Gasteiger partial charge on any atom is -0.383 e. The maximum atomic E-state index is 5.88. The molecule has 4 nitrogen and oxygen atoms in total. The molecule has 90 valence electrons. The van der Waals surface area contributed by atoms with Crippen LogP contribution in [0.15, 0.2) is 18.3 Å². The van der Waals surface area contributed by atoms with Crippen LogP contribution in [0.4, 0.5) is 5.82 Å². The van der Waals surface area contributed by atoms with Crippen molar-refractivity contribution in [1.29, 1.82) is 0 Å². The number of anilines is 1. The maximum Gasteiger partial charge on any atom is 0.128 e. The van der Waals surface area contributed by atoms with Crippen LogP contribution < -0.4 is 11.1 Å². The summed E-state index contributed by atoms with van der Waals surface area (Å²) in [5.41, 5.74) is 6.87. The Morgan fingerprint density at radius 3 is 2.56 bits per heavy atom. The first-order valence-corrected chi connectivity index (χ1v) is 5.52. The first kappa shape index (κ1) is 12.9. The van der Waals surface area contributed by atoms with Crippen molar-refractivity contribution in [3.05, 3.63) is 23.9 Å². The van der Waals surface area contributed by atoms with E-state index in [1.54, 1.807) is 13.3 Å². The van der Waals surface area contributed by atoms with Crippen LogP contribution in [-0.4, -0.2) is 25.2 Å². The largest absolute Gasteiger partial charge is 0.383 e. The molecule has 0 saturated carbocycles. The Bertz CT molecular complexity index is 328. The van der Waals surface area contributed by atoms with Crippen molar-refractivity contribution in [1.82, 2.24) is 10.3 Å². The second-order valence-electron chi connectivity index (χ2n) is 4.19. The zero-order chi connectivity index (χ0) is 12.1. The Kier molecular flexibility index (Phi) is 4.71. The average Bonchev–Trinajstić information content (AvgIpc) is 2.26. The van der Waals surface area contributed by atoms with Gasteiger partial charge in [-0.25, -0.2) is 4.98 Å². The summed E-state index contributed by atoms with van der Waals surface area (Å²) in [4.78, 5) is 4.11. The summed E-state index contributed by atoms with van der Waals surface area (Å²) in [6, 6.07) is 3.94. The number of nitrogen functional groups attached to an aromatic ring is 1. The molecule has 0 spiro atoms. The number of pyridine rings is 1. The molecular weight excluding hydrogens is 202 g/mol. The van der Waals surface area contributed by atoms with Gasteiger partial charge in [-0.2, -0.15) is 0 Å². The molecule has 4 heteroatoms. The highest BCUT2D eigenvalue weighted by molar-refractivity contribution is 5.41. The molecule has 0 amide bonds. The summed E-state index contributed by atoms with van der Waals surface area (Å²) in [6.45, 7) is 4.26. The predicted octanol–water partition coefficient (Wildman–Crippen LogP) is 1.60. The molecule has 1 rings (SSSR count). The summed E-state index contributed by atoms with van der Waals surface area (Å²) >= 11 is 0. The van der Waals surface area contributed by atoms with E-state index in [9.17, 15) is 0 Å². The van der Waals surface area contributed by atoms with Gasteiger partial charge in [0.15, 0.2) is 0 Å². The molecule has 2 unspecified atom stereocenters. The van der Waals surface area contributed by atoms with E-state index in [0.717, 1.165) is 5.56 Å². The van der Waals surface area contributed by atoms with Crippen LogP contribution in [0.1, 0.15) is 25.5 Å². The van der Waals surface area contributed by atoms with Crippen LogP contribution in [0.3, 0.4) is 0 Å². The van der Waals surface area contributed by atoms with Crippen molar-refractivity contribution in [3.8, 4) is 0 Å². The number of hydrogen-bond acceptors (Lipinski definition) is 4. The maximum absolute atomic E-state index is 5.88. The quantitative estimate of drug-likeness (QED) is 0.796. The zero-order valence-corrected chi connectivity index (χ0v) is 10.4. The average molecular weight is 223 g/mol. The van der Waals surface area contributed by atoms with Crippen molar-refractivity contribution in [2.24, 2.45) is 5.92 Å². The molecule has 0 radical (unpaired) electrons. The molecule has 0 saturated heterocycles. The first-order valence-electron chi connectivity index (χ1n) is 5.52. The standard InChI is InChI=1S/C12H21N3O/c1-8(2)11(16-4)10(14-3)9-6-5-7-15-12(9)13/h5-8,10-11,14H,1-4H3,(H2,13,15). The van der Waals surface area contributed by atoms with E-state index in [2.05, 4.69) is 24.1 Å². The van der Waals surface area contributed by atoms with Gasteiger partial charge in [0.1, 0.15) is 5.82 Å². The summed E-state index contributed by atoms with van der Waals surface area (Å²) in [5, 5.41) is 3.25. The number of likely N-dealkylation sites (N-methyl/N-ethyl adjacent to an activating group) is 1. The molecule has 1 aromatic rings. The Balaban J connectivity index is 3.02. The van der Waals surface area contributed by atoms with Crippen molar-refractivity contribution < 1.29 is 4.74 Å². The lowest BCUT2D eigenvalue weighted by molar-refractivity contribution is 0.0349. The lowest BCUT2D eigenvalue weighted by Crippen LogP contribution is -2.35. The molecule has 1 aromatic heterocycles. The van der Waals surface area contributed by atoms with E-state index in [1.807, 2.05) is 19.2 Å². The van der Waals surface area contributed by atoms with Crippen LogP contribution in [0, 0.1) is 5.92 Å². The van der Waals surface area contributed by atoms with Gasteiger partial charge in [0.2, 0.25) is 0 Å². The van der Waals surface area contributed by atoms with Crippen molar-refractivity contribution >= 4 is 5.82 Å². The van der Waals surface area contributed by atoms with E-state index in [0.29, 0.717) is 11.7 Å². The van der Waals surface area contributed by atoms with Gasteiger partial charge in [0, 0.05) is 18.9 Å². The van der Waals surface area contributed by atoms with Gasteiger partial charge >= 0.3 is 0 Å². The van der Waals surface area contributed by atoms with Crippen LogP contribution in [0.2, 0.25) is 0 Å². The fraction of sp³-hybridized carbons (Fsp3) is 0.583. The van der Waals surface area contributed by atoms with E-state index < -0.39 is 0 Å². The number of aromatic nitrogens is 1. The number of nitrogens with two attached hydrogens (primary N) is 1. The van der Waals surface area contributed by atoms with Gasteiger partial charge in [0.05, 0.1) is 12.1 Å². The number of nitrogens with one attached hydrogen (secondary N) is 1. The van der Waals surface area contributed by atoms with Gasteiger partial charge in [0.25, 0.3) is 0 Å². The van der Waals surface area contributed by atoms with Crippen LogP contribution >= 0.6 is 0 Å². The van der Waals surface area contributed by atoms with E-state index in [-0.39, 0.29) is 12.1 Å². The number of ether oxygens (including phenoxy) is 1. The number of hydrogen-bond donors (Lipinski definition) is 2. The minimum atomic E-state index is 0.0682. The SMILES string of the molecule is CNC(c1cccnc1N)C(OC)C(C)C. The Morgan fingerprint density at radius 2 is 2.12 bits per heavy atom. The molecule has 1 heterocycles. The molecule has 16 heavy (non-hydrogen) atoms. The lowest BCUT2D eigenvalue weighted by Gasteiger charge is -2.29. The van der Waals surface area contributed by atoms with Crippen molar-refractivity contribution in [2.45, 2.75) is 26.0 Å². The third-order valence-corrected chi connectivity index (χ3v) is 2.78. The summed E-state index contributed by atoms with van der Waals surface area (Å²) in [5.74, 6) is 0.964. The normalized spacial score (nSPS) is 15.1. The number of methoxy groups -OCH3 is 1. The van der Waals surface area contributed by atoms with E-state index >= 15 is 0 Å².